The summed E-state index contributed by atoms with van der Waals surface area (Å²) in [5, 5.41) is 5.77. The van der Waals surface area contributed by atoms with Crippen molar-refractivity contribution in [2.75, 3.05) is 37.7 Å². The molecule has 0 radical (unpaired) electrons. The van der Waals surface area contributed by atoms with Crippen molar-refractivity contribution >= 4 is 21.8 Å². The first kappa shape index (κ1) is 19.0. The molecule has 8 heteroatoms. The Bertz CT molecular complexity index is 562. The fraction of sp³-hybridized carbons (Fsp3) is 0.875. The number of urea groups is 1. The molecule has 2 rings (SSSR count). The van der Waals surface area contributed by atoms with Crippen molar-refractivity contribution in [2.45, 2.75) is 33.1 Å². The van der Waals surface area contributed by atoms with E-state index in [1.54, 1.807) is 4.90 Å². The number of carbonyl (C=O) groups excluding carboxylic acids is 2. The van der Waals surface area contributed by atoms with Crippen molar-refractivity contribution in [1.29, 1.82) is 0 Å². The van der Waals surface area contributed by atoms with Crippen molar-refractivity contribution in [3.05, 3.63) is 0 Å². The summed E-state index contributed by atoms with van der Waals surface area (Å²) in [6.07, 6.45) is 2.20. The molecule has 2 aliphatic rings. The molecule has 0 aromatic rings. The quantitative estimate of drug-likeness (QED) is 0.752. The second kappa shape index (κ2) is 8.18. The molecular weight excluding hydrogens is 330 g/mol. The van der Waals surface area contributed by atoms with Gasteiger partial charge in [0.25, 0.3) is 0 Å². The standard InChI is InChI=1S/C16H29N3O4S/c1-12(2)8-18-16(21)19-6-3-4-14(10-19)15(20)17-9-13-5-7-24(22,23)11-13/h12-14H,3-11H2,1-2H3,(H,17,20)(H,18,21). The van der Waals surface area contributed by atoms with E-state index in [0.29, 0.717) is 38.5 Å². The Morgan fingerprint density at radius 3 is 2.58 bits per heavy atom. The number of hydrogen-bond donors (Lipinski definition) is 2. The third-order valence-electron chi connectivity index (χ3n) is 4.63. The van der Waals surface area contributed by atoms with Gasteiger partial charge >= 0.3 is 6.03 Å². The van der Waals surface area contributed by atoms with E-state index in [-0.39, 0.29) is 35.3 Å². The van der Waals surface area contributed by atoms with Crippen LogP contribution in [0, 0.1) is 17.8 Å². The summed E-state index contributed by atoms with van der Waals surface area (Å²) < 4.78 is 22.9. The van der Waals surface area contributed by atoms with Crippen LogP contribution in [0.25, 0.3) is 0 Å². The number of nitrogens with zero attached hydrogens (tertiary/aromatic N) is 1. The first-order valence-electron chi connectivity index (χ1n) is 8.77. The van der Waals surface area contributed by atoms with Gasteiger partial charge in [-0.2, -0.15) is 0 Å². The SMILES string of the molecule is CC(C)CNC(=O)N1CCCC(C(=O)NCC2CCS(=O)(=O)C2)C1. The van der Waals surface area contributed by atoms with E-state index in [0.717, 1.165) is 12.8 Å². The van der Waals surface area contributed by atoms with Gasteiger partial charge in [-0.15, -0.1) is 0 Å². The highest BCUT2D eigenvalue weighted by Gasteiger charge is 2.31. The van der Waals surface area contributed by atoms with Gasteiger partial charge in [0.2, 0.25) is 5.91 Å². The molecule has 2 aliphatic heterocycles. The molecule has 2 unspecified atom stereocenters. The average Bonchev–Trinajstić information content (AvgIpc) is 2.89. The molecule has 0 aliphatic carbocycles. The monoisotopic (exact) mass is 359 g/mol. The lowest BCUT2D eigenvalue weighted by atomic mass is 9.97. The van der Waals surface area contributed by atoms with Gasteiger partial charge in [-0.25, -0.2) is 13.2 Å². The number of likely N-dealkylation sites (tertiary alicyclic amines) is 1. The smallest absolute Gasteiger partial charge is 0.317 e. The zero-order valence-electron chi connectivity index (χ0n) is 14.6. The Hall–Kier alpha value is -1.31. The molecule has 0 aromatic carbocycles. The van der Waals surface area contributed by atoms with Crippen molar-refractivity contribution in [3.63, 3.8) is 0 Å². The predicted molar refractivity (Wildman–Crippen MR) is 92.3 cm³/mol. The van der Waals surface area contributed by atoms with Crippen molar-refractivity contribution in [3.8, 4) is 0 Å². The molecule has 7 nitrogen and oxygen atoms in total. The van der Waals surface area contributed by atoms with Gasteiger partial charge < -0.3 is 15.5 Å². The predicted octanol–water partition coefficient (Wildman–Crippen LogP) is 0.615. The average molecular weight is 359 g/mol. The topological polar surface area (TPSA) is 95.6 Å². The highest BCUT2D eigenvalue weighted by atomic mass is 32.2. The Morgan fingerprint density at radius 1 is 1.21 bits per heavy atom. The summed E-state index contributed by atoms with van der Waals surface area (Å²) >= 11 is 0. The number of carbonyl (C=O) groups is 2. The minimum Gasteiger partial charge on any atom is -0.355 e. The van der Waals surface area contributed by atoms with Crippen LogP contribution in [0.3, 0.4) is 0 Å². The molecular formula is C16H29N3O4S. The zero-order chi connectivity index (χ0) is 17.7. The van der Waals surface area contributed by atoms with E-state index in [9.17, 15) is 18.0 Å². The number of amides is 3. The van der Waals surface area contributed by atoms with Gasteiger partial charge in [0.15, 0.2) is 9.84 Å². The van der Waals surface area contributed by atoms with Crippen LogP contribution in [0.5, 0.6) is 0 Å². The number of piperidine rings is 1. The molecule has 0 aromatic heterocycles. The van der Waals surface area contributed by atoms with Gasteiger partial charge in [0, 0.05) is 26.2 Å². The van der Waals surface area contributed by atoms with Crippen LogP contribution in [0.15, 0.2) is 0 Å². The summed E-state index contributed by atoms with van der Waals surface area (Å²) in [5.74, 6) is 0.526. The second-order valence-corrected chi connectivity index (χ2v) is 9.61. The van der Waals surface area contributed by atoms with Crippen molar-refractivity contribution in [1.82, 2.24) is 15.5 Å². The van der Waals surface area contributed by atoms with Crippen molar-refractivity contribution < 1.29 is 18.0 Å². The largest absolute Gasteiger partial charge is 0.355 e. The summed E-state index contributed by atoms with van der Waals surface area (Å²) in [6.45, 7) is 6.22. The molecule has 138 valence electrons. The number of sulfone groups is 1. The molecule has 0 saturated carbocycles. The Kier molecular flexibility index (Phi) is 6.48. The van der Waals surface area contributed by atoms with E-state index < -0.39 is 9.84 Å². The summed E-state index contributed by atoms with van der Waals surface area (Å²) in [5.41, 5.74) is 0. The molecule has 2 saturated heterocycles. The Morgan fingerprint density at radius 2 is 1.96 bits per heavy atom. The highest BCUT2D eigenvalue weighted by Crippen LogP contribution is 2.19. The van der Waals surface area contributed by atoms with Crippen LogP contribution in [0.2, 0.25) is 0 Å². The maximum atomic E-state index is 12.3. The van der Waals surface area contributed by atoms with Gasteiger partial charge in [-0.3, -0.25) is 4.79 Å². The summed E-state index contributed by atoms with van der Waals surface area (Å²) in [6, 6.07) is -0.108. The number of hydrogen-bond acceptors (Lipinski definition) is 4. The van der Waals surface area contributed by atoms with E-state index in [1.165, 1.54) is 0 Å². The first-order valence-corrected chi connectivity index (χ1v) is 10.6. The zero-order valence-corrected chi connectivity index (χ0v) is 15.4. The Balaban J connectivity index is 1.76. The van der Waals surface area contributed by atoms with Gasteiger partial charge in [0.1, 0.15) is 0 Å². The van der Waals surface area contributed by atoms with Gasteiger partial charge in [-0.05, 0) is 31.1 Å². The summed E-state index contributed by atoms with van der Waals surface area (Å²) in [4.78, 5) is 26.2. The minimum atomic E-state index is -2.91. The van der Waals surface area contributed by atoms with Crippen LogP contribution < -0.4 is 10.6 Å². The van der Waals surface area contributed by atoms with Crippen LogP contribution in [0.4, 0.5) is 4.79 Å². The molecule has 2 heterocycles. The molecule has 2 atom stereocenters. The first-order chi connectivity index (χ1) is 11.3. The lowest BCUT2D eigenvalue weighted by Crippen LogP contribution is -2.49. The number of rotatable bonds is 5. The molecule has 3 amide bonds. The van der Waals surface area contributed by atoms with Crippen LogP contribution in [-0.4, -0.2) is 62.9 Å². The third kappa shape index (κ3) is 5.65. The molecule has 2 fully saturated rings. The number of nitrogens with one attached hydrogen (secondary N) is 2. The molecule has 0 spiro atoms. The maximum Gasteiger partial charge on any atom is 0.317 e. The minimum absolute atomic E-state index is 0.0213. The van der Waals surface area contributed by atoms with Crippen LogP contribution >= 0.6 is 0 Å². The Labute approximate surface area is 144 Å². The third-order valence-corrected chi connectivity index (χ3v) is 6.47. The summed E-state index contributed by atoms with van der Waals surface area (Å²) in [7, 11) is -2.91. The highest BCUT2D eigenvalue weighted by molar-refractivity contribution is 7.91. The van der Waals surface area contributed by atoms with Crippen molar-refractivity contribution in [2.24, 2.45) is 17.8 Å². The lowest BCUT2D eigenvalue weighted by Gasteiger charge is -2.32. The fourth-order valence-corrected chi connectivity index (χ4v) is 5.06. The van der Waals surface area contributed by atoms with Gasteiger partial charge in [0.05, 0.1) is 17.4 Å². The maximum absolute atomic E-state index is 12.3. The van der Waals surface area contributed by atoms with E-state index in [2.05, 4.69) is 10.6 Å². The van der Waals surface area contributed by atoms with E-state index in [1.807, 2.05) is 13.8 Å². The lowest BCUT2D eigenvalue weighted by molar-refractivity contribution is -0.126. The van der Waals surface area contributed by atoms with Gasteiger partial charge in [-0.1, -0.05) is 13.8 Å². The molecule has 2 N–H and O–H groups in total. The molecule has 0 bridgehead atoms. The van der Waals surface area contributed by atoms with E-state index in [4.69, 9.17) is 0 Å². The molecule has 24 heavy (non-hydrogen) atoms. The normalized spacial score (nSPS) is 26.4. The van der Waals surface area contributed by atoms with Crippen LogP contribution in [0.1, 0.15) is 33.1 Å². The fourth-order valence-electron chi connectivity index (χ4n) is 3.20. The van der Waals surface area contributed by atoms with E-state index >= 15 is 0 Å². The second-order valence-electron chi connectivity index (χ2n) is 7.38. The van der Waals surface area contributed by atoms with Crippen LogP contribution in [-0.2, 0) is 14.6 Å².